The highest BCUT2D eigenvalue weighted by atomic mass is 35.5. The molecule has 104 valence electrons. The molecule has 0 bridgehead atoms. The fraction of sp³-hybridized carbons (Fsp3) is 0.600. The summed E-state index contributed by atoms with van der Waals surface area (Å²) >= 11 is 6.02. The molecule has 1 aliphatic carbocycles. The number of rotatable bonds is 3. The van der Waals surface area contributed by atoms with Crippen LogP contribution in [0, 0.1) is 0 Å². The molecule has 2 aliphatic rings. The number of methoxy groups -OCH3 is 1. The molecule has 0 spiro atoms. The van der Waals surface area contributed by atoms with E-state index in [9.17, 15) is 0 Å². The van der Waals surface area contributed by atoms with Gasteiger partial charge in [0.1, 0.15) is 5.75 Å². The molecule has 2 fully saturated rings. The third kappa shape index (κ3) is 2.67. The maximum atomic E-state index is 6.02. The number of halogens is 1. The first-order valence-corrected chi connectivity index (χ1v) is 7.48. The molecule has 19 heavy (non-hydrogen) atoms. The average molecular weight is 281 g/mol. The zero-order chi connectivity index (χ0) is 13.2. The van der Waals surface area contributed by atoms with Crippen LogP contribution in [0.25, 0.3) is 0 Å². The van der Waals surface area contributed by atoms with Crippen LogP contribution in [0.15, 0.2) is 18.2 Å². The van der Waals surface area contributed by atoms with Gasteiger partial charge in [0.15, 0.2) is 0 Å². The molecule has 0 unspecified atom stereocenters. The van der Waals surface area contributed by atoms with Gasteiger partial charge < -0.3 is 9.64 Å². The Morgan fingerprint density at radius 2 is 1.89 bits per heavy atom. The van der Waals surface area contributed by atoms with Crippen molar-refractivity contribution in [1.29, 1.82) is 0 Å². The minimum atomic E-state index is 0.730. The molecule has 3 nitrogen and oxygen atoms in total. The number of anilines is 1. The van der Waals surface area contributed by atoms with Gasteiger partial charge >= 0.3 is 0 Å². The van der Waals surface area contributed by atoms with E-state index < -0.39 is 0 Å². The Bertz CT molecular complexity index is 440. The van der Waals surface area contributed by atoms with E-state index in [0.29, 0.717) is 0 Å². The molecule has 1 saturated heterocycles. The lowest BCUT2D eigenvalue weighted by molar-refractivity contribution is 0.120. The molecule has 0 aromatic heterocycles. The number of ether oxygens (including phenoxy) is 1. The number of nitrogens with zero attached hydrogens (tertiary/aromatic N) is 2. The lowest BCUT2D eigenvalue weighted by Crippen LogP contribution is -2.52. The van der Waals surface area contributed by atoms with Crippen LogP contribution in [0.1, 0.15) is 19.3 Å². The highest BCUT2D eigenvalue weighted by Gasteiger charge is 2.28. The van der Waals surface area contributed by atoms with Crippen LogP contribution < -0.4 is 9.64 Å². The summed E-state index contributed by atoms with van der Waals surface area (Å²) in [5.41, 5.74) is 1.17. The lowest BCUT2D eigenvalue weighted by atomic mass is 9.91. The van der Waals surface area contributed by atoms with Crippen molar-refractivity contribution in [2.75, 3.05) is 38.2 Å². The molecule has 1 aromatic carbocycles. The zero-order valence-electron chi connectivity index (χ0n) is 11.4. The molecule has 4 heteroatoms. The molecular formula is C15H21ClN2O. The summed E-state index contributed by atoms with van der Waals surface area (Å²) < 4.78 is 5.45. The highest BCUT2D eigenvalue weighted by Crippen LogP contribution is 2.33. The van der Waals surface area contributed by atoms with Gasteiger partial charge in [0.05, 0.1) is 12.8 Å². The van der Waals surface area contributed by atoms with Crippen molar-refractivity contribution in [2.24, 2.45) is 0 Å². The fourth-order valence-corrected chi connectivity index (χ4v) is 3.15. The van der Waals surface area contributed by atoms with Crippen molar-refractivity contribution in [3.8, 4) is 5.75 Å². The van der Waals surface area contributed by atoms with Gasteiger partial charge in [-0.15, -0.1) is 0 Å². The number of piperazine rings is 1. The van der Waals surface area contributed by atoms with Gasteiger partial charge in [-0.1, -0.05) is 18.0 Å². The van der Waals surface area contributed by atoms with E-state index in [1.54, 1.807) is 7.11 Å². The van der Waals surface area contributed by atoms with Crippen molar-refractivity contribution in [3.05, 3.63) is 23.2 Å². The van der Waals surface area contributed by atoms with Crippen molar-refractivity contribution >= 4 is 17.3 Å². The summed E-state index contributed by atoms with van der Waals surface area (Å²) in [6, 6.07) is 6.77. The standard InChI is InChI=1S/C15H21ClN2O/c1-19-15-11-12(16)5-6-14(15)18-9-7-17(8-10-18)13-3-2-4-13/h5-6,11,13H,2-4,7-10H2,1H3. The second-order valence-electron chi connectivity index (χ2n) is 5.42. The predicted octanol–water partition coefficient (Wildman–Crippen LogP) is 3.02. The minimum Gasteiger partial charge on any atom is -0.495 e. The molecule has 1 saturated carbocycles. The average Bonchev–Trinajstić information content (AvgIpc) is 2.38. The minimum absolute atomic E-state index is 0.730. The van der Waals surface area contributed by atoms with E-state index in [4.69, 9.17) is 16.3 Å². The Balaban J connectivity index is 1.67. The summed E-state index contributed by atoms with van der Waals surface area (Å²) in [4.78, 5) is 5.05. The highest BCUT2D eigenvalue weighted by molar-refractivity contribution is 6.30. The Morgan fingerprint density at radius 1 is 1.16 bits per heavy atom. The number of hydrogen-bond acceptors (Lipinski definition) is 3. The van der Waals surface area contributed by atoms with Crippen molar-refractivity contribution < 1.29 is 4.74 Å². The summed E-state index contributed by atoms with van der Waals surface area (Å²) in [6.07, 6.45) is 4.20. The lowest BCUT2D eigenvalue weighted by Gasteiger charge is -2.43. The van der Waals surface area contributed by atoms with Crippen molar-refractivity contribution in [2.45, 2.75) is 25.3 Å². The van der Waals surface area contributed by atoms with Crippen LogP contribution >= 0.6 is 11.6 Å². The maximum absolute atomic E-state index is 6.02. The Kier molecular flexibility index (Phi) is 3.85. The van der Waals surface area contributed by atoms with Crippen LogP contribution in [0.5, 0.6) is 5.75 Å². The number of benzene rings is 1. The van der Waals surface area contributed by atoms with E-state index in [1.165, 1.54) is 24.9 Å². The molecular weight excluding hydrogens is 260 g/mol. The zero-order valence-corrected chi connectivity index (χ0v) is 12.2. The normalized spacial score (nSPS) is 21.3. The Labute approximate surface area is 120 Å². The first-order valence-electron chi connectivity index (χ1n) is 7.10. The van der Waals surface area contributed by atoms with E-state index in [2.05, 4.69) is 15.9 Å². The SMILES string of the molecule is COc1cc(Cl)ccc1N1CCN(C2CCC2)CC1. The predicted molar refractivity (Wildman–Crippen MR) is 79.4 cm³/mol. The monoisotopic (exact) mass is 280 g/mol. The van der Waals surface area contributed by atoms with Gasteiger partial charge in [0.2, 0.25) is 0 Å². The van der Waals surface area contributed by atoms with E-state index >= 15 is 0 Å². The molecule has 1 heterocycles. The van der Waals surface area contributed by atoms with Crippen LogP contribution in [-0.4, -0.2) is 44.2 Å². The van der Waals surface area contributed by atoms with Crippen LogP contribution in [0.3, 0.4) is 0 Å². The van der Waals surface area contributed by atoms with Crippen LogP contribution in [0.2, 0.25) is 5.02 Å². The second-order valence-corrected chi connectivity index (χ2v) is 5.86. The molecule has 3 rings (SSSR count). The topological polar surface area (TPSA) is 15.7 Å². The summed E-state index contributed by atoms with van der Waals surface area (Å²) in [7, 11) is 1.71. The quantitative estimate of drug-likeness (QED) is 0.846. The maximum Gasteiger partial charge on any atom is 0.143 e. The first-order chi connectivity index (χ1) is 9.28. The van der Waals surface area contributed by atoms with Crippen molar-refractivity contribution in [1.82, 2.24) is 4.90 Å². The molecule has 1 aromatic rings. The van der Waals surface area contributed by atoms with Crippen molar-refractivity contribution in [3.63, 3.8) is 0 Å². The third-order valence-corrected chi connectivity index (χ3v) is 4.62. The second kappa shape index (κ2) is 5.59. The van der Waals surface area contributed by atoms with Gasteiger partial charge in [-0.25, -0.2) is 0 Å². The van der Waals surface area contributed by atoms with E-state index in [0.717, 1.165) is 43.0 Å². The Morgan fingerprint density at radius 3 is 2.47 bits per heavy atom. The van der Waals surface area contributed by atoms with Gasteiger partial charge in [-0.2, -0.15) is 0 Å². The van der Waals surface area contributed by atoms with E-state index in [1.807, 2.05) is 12.1 Å². The first kappa shape index (κ1) is 13.1. The largest absolute Gasteiger partial charge is 0.495 e. The molecule has 0 N–H and O–H groups in total. The van der Waals surface area contributed by atoms with Gasteiger partial charge in [0.25, 0.3) is 0 Å². The smallest absolute Gasteiger partial charge is 0.143 e. The molecule has 1 aliphatic heterocycles. The summed E-state index contributed by atoms with van der Waals surface area (Å²) in [6.45, 7) is 4.48. The van der Waals surface area contributed by atoms with Gasteiger partial charge in [-0.05, 0) is 25.0 Å². The van der Waals surface area contributed by atoms with Crippen LogP contribution in [0.4, 0.5) is 5.69 Å². The molecule has 0 atom stereocenters. The Hall–Kier alpha value is -0.930. The fourth-order valence-electron chi connectivity index (χ4n) is 2.99. The number of hydrogen-bond donors (Lipinski definition) is 0. The molecule has 0 amide bonds. The van der Waals surface area contributed by atoms with Gasteiger partial charge in [-0.3, -0.25) is 4.90 Å². The summed E-state index contributed by atoms with van der Waals surface area (Å²) in [5.74, 6) is 0.879. The van der Waals surface area contributed by atoms with Crippen LogP contribution in [-0.2, 0) is 0 Å². The summed E-state index contributed by atoms with van der Waals surface area (Å²) in [5, 5.41) is 0.730. The molecule has 0 radical (unpaired) electrons. The van der Waals surface area contributed by atoms with E-state index in [-0.39, 0.29) is 0 Å². The third-order valence-electron chi connectivity index (χ3n) is 4.39. The van der Waals surface area contributed by atoms with Gasteiger partial charge in [0, 0.05) is 43.3 Å².